The Hall–Kier alpha value is -1.51. The van der Waals surface area contributed by atoms with Crippen molar-refractivity contribution in [3.8, 4) is 5.75 Å². The molecule has 1 N–H and O–H groups in total. The van der Waals surface area contributed by atoms with Gasteiger partial charge in [0, 0.05) is 6.20 Å². The van der Waals surface area contributed by atoms with Gasteiger partial charge in [-0.1, -0.05) is 0 Å². The molecule has 0 unspecified atom stereocenters. The first-order chi connectivity index (χ1) is 4.88. The Morgan fingerprint density at radius 3 is 3.20 bits per heavy atom. The second kappa shape index (κ2) is 1.73. The predicted octanol–water partition coefficient (Wildman–Crippen LogP) is 1.53. The maximum absolute atomic E-state index is 9.08. The summed E-state index contributed by atoms with van der Waals surface area (Å²) in [5.74, 6) is 0.142. The number of furan rings is 1. The summed E-state index contributed by atoms with van der Waals surface area (Å²) in [6, 6.07) is 3.50. The Bertz CT molecular complexity index is 353. The van der Waals surface area contributed by atoms with Crippen LogP contribution in [0.1, 0.15) is 0 Å². The molecule has 2 heterocycles. The second-order valence-corrected chi connectivity index (χ2v) is 1.98. The fourth-order valence-electron chi connectivity index (χ4n) is 0.855. The first-order valence-electron chi connectivity index (χ1n) is 2.89. The molecule has 50 valence electrons. The van der Waals surface area contributed by atoms with E-state index in [1.807, 2.05) is 0 Å². The van der Waals surface area contributed by atoms with Crippen molar-refractivity contribution in [3.05, 3.63) is 24.6 Å². The molecule has 0 saturated heterocycles. The topological polar surface area (TPSA) is 46.3 Å². The van der Waals surface area contributed by atoms with Crippen LogP contribution in [-0.4, -0.2) is 10.1 Å². The molecule has 3 heteroatoms. The van der Waals surface area contributed by atoms with Crippen LogP contribution in [0.5, 0.6) is 5.75 Å². The fourth-order valence-corrected chi connectivity index (χ4v) is 0.855. The van der Waals surface area contributed by atoms with Gasteiger partial charge < -0.3 is 9.52 Å². The summed E-state index contributed by atoms with van der Waals surface area (Å²) in [5.41, 5.74) is 0.472. The van der Waals surface area contributed by atoms with Crippen molar-refractivity contribution in [2.75, 3.05) is 0 Å². The molecule has 2 aromatic heterocycles. The van der Waals surface area contributed by atoms with E-state index in [9.17, 15) is 0 Å². The molecule has 0 aromatic carbocycles. The zero-order chi connectivity index (χ0) is 6.97. The zero-order valence-electron chi connectivity index (χ0n) is 5.11. The summed E-state index contributed by atoms with van der Waals surface area (Å²) >= 11 is 0. The molecule has 0 saturated carbocycles. The zero-order valence-corrected chi connectivity index (χ0v) is 5.11. The number of hydrogen-bond acceptors (Lipinski definition) is 3. The standard InChI is InChI=1S/C7H5NO2/c9-6-4-10-7-5(6)2-1-3-8-7/h1-4,9H. The molecule has 0 amide bonds. The first kappa shape index (κ1) is 5.29. The van der Waals surface area contributed by atoms with Crippen LogP contribution >= 0.6 is 0 Å². The maximum Gasteiger partial charge on any atom is 0.229 e. The van der Waals surface area contributed by atoms with Crippen LogP contribution in [-0.2, 0) is 0 Å². The third-order valence-corrected chi connectivity index (χ3v) is 1.33. The summed E-state index contributed by atoms with van der Waals surface area (Å²) < 4.78 is 4.89. The Morgan fingerprint density at radius 2 is 2.40 bits per heavy atom. The van der Waals surface area contributed by atoms with E-state index >= 15 is 0 Å². The highest BCUT2D eigenvalue weighted by Gasteiger charge is 2.01. The van der Waals surface area contributed by atoms with Gasteiger partial charge in [0.25, 0.3) is 0 Å². The summed E-state index contributed by atoms with van der Waals surface area (Å²) in [6.45, 7) is 0. The lowest BCUT2D eigenvalue weighted by Crippen LogP contribution is -1.67. The van der Waals surface area contributed by atoms with Gasteiger partial charge in [0.2, 0.25) is 5.71 Å². The van der Waals surface area contributed by atoms with Gasteiger partial charge in [-0.3, -0.25) is 0 Å². The molecule has 0 atom stereocenters. The van der Waals surface area contributed by atoms with Crippen LogP contribution in [0, 0.1) is 0 Å². The van der Waals surface area contributed by atoms with Gasteiger partial charge in [0.05, 0.1) is 5.39 Å². The van der Waals surface area contributed by atoms with E-state index in [0.717, 1.165) is 0 Å². The van der Waals surface area contributed by atoms with Crippen molar-refractivity contribution in [3.63, 3.8) is 0 Å². The smallest absolute Gasteiger partial charge is 0.229 e. The van der Waals surface area contributed by atoms with Crippen molar-refractivity contribution in [2.24, 2.45) is 0 Å². The minimum Gasteiger partial charge on any atom is -0.504 e. The maximum atomic E-state index is 9.08. The lowest BCUT2D eigenvalue weighted by Gasteiger charge is -1.83. The number of hydrogen-bond donors (Lipinski definition) is 1. The van der Waals surface area contributed by atoms with Gasteiger partial charge in [-0.15, -0.1) is 0 Å². The molecule has 2 aromatic rings. The lowest BCUT2D eigenvalue weighted by atomic mass is 10.3. The molecule has 0 aliphatic heterocycles. The molecule has 3 nitrogen and oxygen atoms in total. The molecule has 2 rings (SSSR count). The number of rotatable bonds is 0. The van der Waals surface area contributed by atoms with Crippen molar-refractivity contribution in [2.45, 2.75) is 0 Å². The number of nitrogens with zero attached hydrogens (tertiary/aromatic N) is 1. The Labute approximate surface area is 56.9 Å². The summed E-state index contributed by atoms with van der Waals surface area (Å²) in [5, 5.41) is 9.73. The second-order valence-electron chi connectivity index (χ2n) is 1.98. The van der Waals surface area contributed by atoms with Crippen LogP contribution in [0.25, 0.3) is 11.1 Å². The minimum atomic E-state index is 0.142. The largest absolute Gasteiger partial charge is 0.504 e. The number of aromatic nitrogens is 1. The van der Waals surface area contributed by atoms with Crippen molar-refractivity contribution >= 4 is 11.1 Å². The van der Waals surface area contributed by atoms with Gasteiger partial charge in [-0.05, 0) is 12.1 Å². The van der Waals surface area contributed by atoms with Crippen LogP contribution < -0.4 is 0 Å². The Morgan fingerprint density at radius 1 is 1.50 bits per heavy atom. The van der Waals surface area contributed by atoms with E-state index in [0.29, 0.717) is 11.1 Å². The van der Waals surface area contributed by atoms with Crippen LogP contribution in [0.2, 0.25) is 0 Å². The van der Waals surface area contributed by atoms with Gasteiger partial charge in [0.1, 0.15) is 6.26 Å². The lowest BCUT2D eigenvalue weighted by molar-refractivity contribution is 0.464. The first-order valence-corrected chi connectivity index (χ1v) is 2.89. The highest BCUT2D eigenvalue weighted by atomic mass is 16.4. The highest BCUT2D eigenvalue weighted by molar-refractivity contribution is 5.79. The predicted molar refractivity (Wildman–Crippen MR) is 35.7 cm³/mol. The van der Waals surface area contributed by atoms with Crippen molar-refractivity contribution < 1.29 is 9.52 Å². The van der Waals surface area contributed by atoms with Gasteiger partial charge >= 0.3 is 0 Å². The third kappa shape index (κ3) is 0.572. The Kier molecular flexibility index (Phi) is 0.917. The van der Waals surface area contributed by atoms with E-state index in [-0.39, 0.29) is 5.75 Å². The van der Waals surface area contributed by atoms with E-state index in [1.54, 1.807) is 18.3 Å². The van der Waals surface area contributed by atoms with Crippen LogP contribution in [0.15, 0.2) is 29.0 Å². The van der Waals surface area contributed by atoms with Gasteiger partial charge in [-0.25, -0.2) is 4.98 Å². The molecule has 0 radical (unpaired) electrons. The molecular formula is C7H5NO2. The normalized spacial score (nSPS) is 10.4. The summed E-state index contributed by atoms with van der Waals surface area (Å²) in [4.78, 5) is 3.88. The summed E-state index contributed by atoms with van der Waals surface area (Å²) in [6.07, 6.45) is 2.89. The average molecular weight is 135 g/mol. The molecule has 0 aliphatic carbocycles. The Balaban J connectivity index is 2.93. The number of fused-ring (bicyclic) bond motifs is 1. The molecule has 0 spiro atoms. The third-order valence-electron chi connectivity index (χ3n) is 1.33. The van der Waals surface area contributed by atoms with Crippen molar-refractivity contribution in [1.29, 1.82) is 0 Å². The molecular weight excluding hydrogens is 130 g/mol. The fraction of sp³-hybridized carbons (Fsp3) is 0. The van der Waals surface area contributed by atoms with Crippen LogP contribution in [0.3, 0.4) is 0 Å². The number of aromatic hydroxyl groups is 1. The molecule has 0 bridgehead atoms. The van der Waals surface area contributed by atoms with E-state index in [4.69, 9.17) is 9.52 Å². The van der Waals surface area contributed by atoms with E-state index in [1.165, 1.54) is 6.26 Å². The van der Waals surface area contributed by atoms with E-state index < -0.39 is 0 Å². The highest BCUT2D eigenvalue weighted by Crippen LogP contribution is 2.23. The number of pyridine rings is 1. The van der Waals surface area contributed by atoms with Gasteiger partial charge in [0.15, 0.2) is 5.75 Å². The molecule has 0 fully saturated rings. The van der Waals surface area contributed by atoms with Crippen molar-refractivity contribution in [1.82, 2.24) is 4.98 Å². The quantitative estimate of drug-likeness (QED) is 0.595. The minimum absolute atomic E-state index is 0.142. The van der Waals surface area contributed by atoms with E-state index in [2.05, 4.69) is 4.98 Å². The average Bonchev–Trinajstić information content (AvgIpc) is 2.34. The van der Waals surface area contributed by atoms with Crippen LogP contribution in [0.4, 0.5) is 0 Å². The SMILES string of the molecule is Oc1coc2ncccc12. The summed E-state index contributed by atoms with van der Waals surface area (Å²) in [7, 11) is 0. The van der Waals surface area contributed by atoms with Gasteiger partial charge in [-0.2, -0.15) is 0 Å². The monoisotopic (exact) mass is 135 g/mol. The molecule has 10 heavy (non-hydrogen) atoms. The molecule has 0 aliphatic rings.